The van der Waals surface area contributed by atoms with Gasteiger partial charge in [0.2, 0.25) is 5.95 Å². The number of nitrogens with one attached hydrogen (secondary N) is 2. The smallest absolute Gasteiger partial charge is 0.222 e. The number of aromatic nitrogens is 2. The molecule has 0 aliphatic carbocycles. The van der Waals surface area contributed by atoms with E-state index in [0.717, 1.165) is 37.6 Å². The molecular weight excluding hydrogens is 288 g/mol. The molecule has 23 heavy (non-hydrogen) atoms. The monoisotopic (exact) mass is 312 g/mol. The number of nitrogen functional groups attached to an aromatic ring is 1. The highest BCUT2D eigenvalue weighted by molar-refractivity contribution is 5.46. The zero-order valence-electron chi connectivity index (χ0n) is 13.5. The highest BCUT2D eigenvalue weighted by atomic mass is 15.3. The fraction of sp³-hybridized carbons (Fsp3) is 0.412. The number of benzene rings is 1. The number of hydrogen-bond donors (Lipinski definition) is 3. The van der Waals surface area contributed by atoms with Crippen LogP contribution in [0.2, 0.25) is 0 Å². The molecule has 1 aromatic heterocycles. The predicted molar refractivity (Wildman–Crippen MR) is 93.4 cm³/mol. The Hall–Kier alpha value is -2.18. The molecule has 0 radical (unpaired) electrons. The molecule has 1 aromatic carbocycles. The lowest BCUT2D eigenvalue weighted by molar-refractivity contribution is 0.447. The maximum Gasteiger partial charge on any atom is 0.222 e. The third-order valence-corrected chi connectivity index (χ3v) is 4.14. The van der Waals surface area contributed by atoms with Gasteiger partial charge in [-0.15, -0.1) is 0 Å². The highest BCUT2D eigenvalue weighted by Gasteiger charge is 2.26. The second-order valence-electron chi connectivity index (χ2n) is 5.88. The van der Waals surface area contributed by atoms with Gasteiger partial charge in [-0.1, -0.05) is 30.3 Å². The molecule has 3 rings (SSSR count). The summed E-state index contributed by atoms with van der Waals surface area (Å²) in [6.07, 6.45) is 1.00. The molecule has 2 aromatic rings. The second kappa shape index (κ2) is 7.39. The first-order valence-electron chi connectivity index (χ1n) is 8.05. The lowest BCUT2D eigenvalue weighted by atomic mass is 10.1. The van der Waals surface area contributed by atoms with E-state index in [1.54, 1.807) is 0 Å². The largest absolute Gasteiger partial charge is 0.368 e. The maximum absolute atomic E-state index is 5.85. The molecule has 0 amide bonds. The standard InChI is InChI=1S/C17H24N6/c1-19-15-11-23(12-15)16-9-14(21-17(18)22-16)10-20-8-7-13-5-3-2-4-6-13/h2-6,9,15,19-20H,7-8,10-12H2,1H3,(H2,18,21,22). The summed E-state index contributed by atoms with van der Waals surface area (Å²) in [4.78, 5) is 10.9. The van der Waals surface area contributed by atoms with E-state index >= 15 is 0 Å². The molecule has 0 atom stereocenters. The topological polar surface area (TPSA) is 79.1 Å². The molecule has 2 heterocycles. The summed E-state index contributed by atoms with van der Waals surface area (Å²) >= 11 is 0. The van der Waals surface area contributed by atoms with Crippen LogP contribution in [0.1, 0.15) is 11.3 Å². The lowest BCUT2D eigenvalue weighted by Crippen LogP contribution is -2.57. The normalized spacial score (nSPS) is 14.7. The minimum absolute atomic E-state index is 0.343. The van der Waals surface area contributed by atoms with Crippen LogP contribution in [-0.4, -0.2) is 42.7 Å². The Bertz CT molecular complexity index is 624. The van der Waals surface area contributed by atoms with E-state index in [1.165, 1.54) is 5.56 Å². The first-order chi connectivity index (χ1) is 11.2. The van der Waals surface area contributed by atoms with Gasteiger partial charge in [0, 0.05) is 31.7 Å². The fourth-order valence-electron chi connectivity index (χ4n) is 2.70. The van der Waals surface area contributed by atoms with Gasteiger partial charge in [0.15, 0.2) is 0 Å². The molecule has 4 N–H and O–H groups in total. The van der Waals surface area contributed by atoms with Gasteiger partial charge in [-0.25, -0.2) is 4.98 Å². The Kier molecular flexibility index (Phi) is 5.05. The van der Waals surface area contributed by atoms with Crippen molar-refractivity contribution in [2.24, 2.45) is 0 Å². The highest BCUT2D eigenvalue weighted by Crippen LogP contribution is 2.19. The van der Waals surface area contributed by atoms with Crippen LogP contribution in [0.4, 0.5) is 11.8 Å². The first kappa shape index (κ1) is 15.7. The minimum Gasteiger partial charge on any atom is -0.368 e. The van der Waals surface area contributed by atoms with Crippen LogP contribution in [-0.2, 0) is 13.0 Å². The number of rotatable bonds is 7. The summed E-state index contributed by atoms with van der Waals surface area (Å²) in [5, 5.41) is 6.68. The van der Waals surface area contributed by atoms with E-state index in [9.17, 15) is 0 Å². The Morgan fingerprint density at radius 1 is 1.22 bits per heavy atom. The Labute approximate surface area is 137 Å². The summed E-state index contributed by atoms with van der Waals surface area (Å²) in [6, 6.07) is 13.0. The molecule has 1 aliphatic rings. The van der Waals surface area contributed by atoms with Crippen LogP contribution in [0, 0.1) is 0 Å². The van der Waals surface area contributed by atoms with Crippen molar-refractivity contribution < 1.29 is 0 Å². The molecule has 0 saturated carbocycles. The van der Waals surface area contributed by atoms with E-state index < -0.39 is 0 Å². The molecule has 0 unspecified atom stereocenters. The van der Waals surface area contributed by atoms with Crippen molar-refractivity contribution in [1.29, 1.82) is 0 Å². The number of hydrogen-bond acceptors (Lipinski definition) is 6. The van der Waals surface area contributed by atoms with Gasteiger partial charge in [-0.3, -0.25) is 0 Å². The van der Waals surface area contributed by atoms with Gasteiger partial charge in [-0.05, 0) is 25.6 Å². The van der Waals surface area contributed by atoms with Crippen LogP contribution in [0.3, 0.4) is 0 Å². The third kappa shape index (κ3) is 4.18. The van der Waals surface area contributed by atoms with Gasteiger partial charge in [0.1, 0.15) is 5.82 Å². The van der Waals surface area contributed by atoms with E-state index in [4.69, 9.17) is 5.73 Å². The van der Waals surface area contributed by atoms with E-state index in [-0.39, 0.29) is 0 Å². The number of likely N-dealkylation sites (N-methyl/N-ethyl adjacent to an activating group) is 1. The van der Waals surface area contributed by atoms with E-state index in [2.05, 4.69) is 49.8 Å². The molecule has 1 aliphatic heterocycles. The van der Waals surface area contributed by atoms with Gasteiger partial charge in [0.05, 0.1) is 5.69 Å². The van der Waals surface area contributed by atoms with E-state index in [1.807, 2.05) is 19.2 Å². The Morgan fingerprint density at radius 2 is 2.00 bits per heavy atom. The zero-order valence-corrected chi connectivity index (χ0v) is 13.5. The van der Waals surface area contributed by atoms with Crippen molar-refractivity contribution in [3.05, 3.63) is 47.7 Å². The van der Waals surface area contributed by atoms with E-state index in [0.29, 0.717) is 18.5 Å². The summed E-state index contributed by atoms with van der Waals surface area (Å²) in [6.45, 7) is 3.55. The number of anilines is 2. The molecular formula is C17H24N6. The van der Waals surface area contributed by atoms with Gasteiger partial charge < -0.3 is 21.3 Å². The van der Waals surface area contributed by atoms with Gasteiger partial charge >= 0.3 is 0 Å². The van der Waals surface area contributed by atoms with Crippen molar-refractivity contribution in [2.45, 2.75) is 19.0 Å². The summed E-state index contributed by atoms with van der Waals surface area (Å²) in [7, 11) is 1.98. The maximum atomic E-state index is 5.85. The van der Waals surface area contributed by atoms with Crippen LogP contribution in [0.15, 0.2) is 36.4 Å². The van der Waals surface area contributed by atoms with Crippen LogP contribution in [0.5, 0.6) is 0 Å². The second-order valence-corrected chi connectivity index (χ2v) is 5.88. The van der Waals surface area contributed by atoms with Crippen molar-refractivity contribution >= 4 is 11.8 Å². The van der Waals surface area contributed by atoms with Gasteiger partial charge in [-0.2, -0.15) is 4.98 Å². The summed E-state index contributed by atoms with van der Waals surface area (Å²) in [5.41, 5.74) is 8.12. The molecule has 1 saturated heterocycles. The molecule has 0 spiro atoms. The summed E-state index contributed by atoms with van der Waals surface area (Å²) < 4.78 is 0. The third-order valence-electron chi connectivity index (χ3n) is 4.14. The van der Waals surface area contributed by atoms with Crippen molar-refractivity contribution in [3.8, 4) is 0 Å². The average molecular weight is 312 g/mol. The molecule has 6 heteroatoms. The zero-order chi connectivity index (χ0) is 16.1. The number of nitrogens with zero attached hydrogens (tertiary/aromatic N) is 3. The lowest BCUT2D eigenvalue weighted by Gasteiger charge is -2.40. The molecule has 1 fully saturated rings. The van der Waals surface area contributed by atoms with Crippen molar-refractivity contribution in [3.63, 3.8) is 0 Å². The minimum atomic E-state index is 0.343. The van der Waals surface area contributed by atoms with Crippen LogP contribution < -0.4 is 21.3 Å². The van der Waals surface area contributed by atoms with Gasteiger partial charge in [0.25, 0.3) is 0 Å². The van der Waals surface area contributed by atoms with Crippen LogP contribution >= 0.6 is 0 Å². The number of nitrogens with two attached hydrogens (primary N) is 1. The van der Waals surface area contributed by atoms with Crippen molar-refractivity contribution in [1.82, 2.24) is 20.6 Å². The SMILES string of the molecule is CNC1CN(c2cc(CNCCc3ccccc3)nc(N)n2)C1. The predicted octanol–water partition coefficient (Wildman–Crippen LogP) is 0.799. The van der Waals surface area contributed by atoms with Crippen LogP contribution in [0.25, 0.3) is 0 Å². The quantitative estimate of drug-likeness (QED) is 0.656. The fourth-order valence-corrected chi connectivity index (χ4v) is 2.70. The molecule has 122 valence electrons. The Balaban J connectivity index is 1.51. The first-order valence-corrected chi connectivity index (χ1v) is 8.05. The summed E-state index contributed by atoms with van der Waals surface area (Å²) in [5.74, 6) is 1.26. The van der Waals surface area contributed by atoms with Crippen molar-refractivity contribution in [2.75, 3.05) is 37.3 Å². The average Bonchev–Trinajstić information content (AvgIpc) is 2.51. The molecule has 6 nitrogen and oxygen atoms in total. The Morgan fingerprint density at radius 3 is 2.74 bits per heavy atom. The molecule has 0 bridgehead atoms.